The minimum atomic E-state index is 0.838. The van der Waals surface area contributed by atoms with Gasteiger partial charge >= 0.3 is 0 Å². The zero-order valence-corrected chi connectivity index (χ0v) is 11.5. The highest BCUT2D eigenvalue weighted by Gasteiger charge is 2.14. The lowest BCUT2D eigenvalue weighted by molar-refractivity contribution is 0.233. The number of nitrogens with zero attached hydrogens (tertiary/aromatic N) is 1. The van der Waals surface area contributed by atoms with E-state index in [2.05, 4.69) is 17.3 Å². The summed E-state index contributed by atoms with van der Waals surface area (Å²) < 4.78 is 5.29. The van der Waals surface area contributed by atoms with Gasteiger partial charge in [0.15, 0.2) is 0 Å². The van der Waals surface area contributed by atoms with E-state index in [1.807, 2.05) is 12.1 Å². The van der Waals surface area contributed by atoms with Gasteiger partial charge in [-0.25, -0.2) is 0 Å². The Bertz CT molecular complexity index is 304. The predicted molar refractivity (Wildman–Crippen MR) is 74.5 cm³/mol. The van der Waals surface area contributed by atoms with Crippen molar-refractivity contribution < 1.29 is 4.42 Å². The van der Waals surface area contributed by atoms with Crippen LogP contribution in [0.3, 0.4) is 0 Å². The van der Waals surface area contributed by atoms with E-state index in [9.17, 15) is 0 Å². The van der Waals surface area contributed by atoms with Crippen LogP contribution in [-0.2, 0) is 6.54 Å². The van der Waals surface area contributed by atoms with Gasteiger partial charge in [-0.2, -0.15) is 0 Å². The second kappa shape index (κ2) is 7.59. The molecule has 1 aromatic heterocycles. The monoisotopic (exact) mass is 250 g/mol. The third-order valence-corrected chi connectivity index (χ3v) is 3.84. The third-order valence-electron chi connectivity index (χ3n) is 3.84. The van der Waals surface area contributed by atoms with Crippen molar-refractivity contribution in [2.45, 2.75) is 38.6 Å². The lowest BCUT2D eigenvalue weighted by atomic mass is 9.89. The Labute approximate surface area is 111 Å². The van der Waals surface area contributed by atoms with Gasteiger partial charge in [0.05, 0.1) is 12.8 Å². The molecule has 0 radical (unpaired) electrons. The van der Waals surface area contributed by atoms with E-state index in [0.717, 1.165) is 31.3 Å². The van der Waals surface area contributed by atoms with Gasteiger partial charge in [0.25, 0.3) is 0 Å². The quantitative estimate of drug-likeness (QED) is 0.754. The lowest BCUT2D eigenvalue weighted by Gasteiger charge is -2.27. The molecular weight excluding hydrogens is 224 g/mol. The highest BCUT2D eigenvalue weighted by Crippen LogP contribution is 2.23. The number of rotatable bonds is 7. The van der Waals surface area contributed by atoms with E-state index in [4.69, 9.17) is 4.42 Å². The fourth-order valence-electron chi connectivity index (χ4n) is 2.80. The SMILES string of the molecule is CN(CCNCc1ccco1)CC1CCCCC1. The van der Waals surface area contributed by atoms with Crippen molar-refractivity contribution in [1.82, 2.24) is 10.2 Å². The summed E-state index contributed by atoms with van der Waals surface area (Å²) >= 11 is 0. The Morgan fingerprint density at radius 1 is 1.33 bits per heavy atom. The van der Waals surface area contributed by atoms with Crippen LogP contribution >= 0.6 is 0 Å². The molecule has 1 heterocycles. The molecule has 1 N–H and O–H groups in total. The van der Waals surface area contributed by atoms with E-state index in [0.29, 0.717) is 0 Å². The Kier molecular flexibility index (Phi) is 5.75. The molecule has 1 aromatic rings. The van der Waals surface area contributed by atoms with Crippen LogP contribution in [0.15, 0.2) is 22.8 Å². The smallest absolute Gasteiger partial charge is 0.117 e. The van der Waals surface area contributed by atoms with E-state index in [1.165, 1.54) is 38.6 Å². The maximum atomic E-state index is 5.29. The van der Waals surface area contributed by atoms with E-state index in [-0.39, 0.29) is 0 Å². The van der Waals surface area contributed by atoms with Gasteiger partial charge in [-0.3, -0.25) is 0 Å². The van der Waals surface area contributed by atoms with Crippen LogP contribution in [0, 0.1) is 5.92 Å². The highest BCUT2D eigenvalue weighted by atomic mass is 16.3. The lowest BCUT2D eigenvalue weighted by Crippen LogP contribution is -2.33. The maximum Gasteiger partial charge on any atom is 0.117 e. The summed E-state index contributed by atoms with van der Waals surface area (Å²) in [5.74, 6) is 1.96. The van der Waals surface area contributed by atoms with Gasteiger partial charge in [0.2, 0.25) is 0 Å². The summed E-state index contributed by atoms with van der Waals surface area (Å²) in [5, 5.41) is 3.42. The Morgan fingerprint density at radius 2 is 2.17 bits per heavy atom. The fraction of sp³-hybridized carbons (Fsp3) is 0.733. The molecule has 0 saturated heterocycles. The van der Waals surface area contributed by atoms with Gasteiger partial charge in [-0.05, 0) is 37.9 Å². The summed E-state index contributed by atoms with van der Waals surface area (Å²) in [6.07, 6.45) is 8.93. The Morgan fingerprint density at radius 3 is 2.89 bits per heavy atom. The number of hydrogen-bond donors (Lipinski definition) is 1. The molecule has 0 aromatic carbocycles. The molecule has 2 rings (SSSR count). The summed E-state index contributed by atoms with van der Waals surface area (Å²) in [7, 11) is 2.24. The molecular formula is C15H26N2O. The van der Waals surface area contributed by atoms with Gasteiger partial charge in [0.1, 0.15) is 5.76 Å². The number of hydrogen-bond acceptors (Lipinski definition) is 3. The molecule has 1 aliphatic rings. The standard InChI is InChI=1S/C15H26N2O/c1-17(13-14-6-3-2-4-7-14)10-9-16-12-15-8-5-11-18-15/h5,8,11,14,16H,2-4,6-7,9-10,12-13H2,1H3. The molecule has 3 nitrogen and oxygen atoms in total. The van der Waals surface area contributed by atoms with Crippen molar-refractivity contribution >= 4 is 0 Å². The van der Waals surface area contributed by atoms with Crippen LogP contribution in [-0.4, -0.2) is 31.6 Å². The van der Waals surface area contributed by atoms with Crippen molar-refractivity contribution in [3.8, 4) is 0 Å². The van der Waals surface area contributed by atoms with Crippen molar-refractivity contribution in [3.63, 3.8) is 0 Å². The summed E-state index contributed by atoms with van der Waals surface area (Å²) in [6, 6.07) is 3.95. The minimum Gasteiger partial charge on any atom is -0.468 e. The largest absolute Gasteiger partial charge is 0.468 e. The van der Waals surface area contributed by atoms with Crippen LogP contribution < -0.4 is 5.32 Å². The first-order valence-electron chi connectivity index (χ1n) is 7.26. The first-order chi connectivity index (χ1) is 8.84. The van der Waals surface area contributed by atoms with Gasteiger partial charge in [-0.15, -0.1) is 0 Å². The highest BCUT2D eigenvalue weighted by molar-refractivity contribution is 4.97. The van der Waals surface area contributed by atoms with Crippen molar-refractivity contribution in [2.75, 3.05) is 26.7 Å². The molecule has 1 saturated carbocycles. The van der Waals surface area contributed by atoms with Crippen LogP contribution in [0.5, 0.6) is 0 Å². The van der Waals surface area contributed by atoms with E-state index < -0.39 is 0 Å². The first-order valence-corrected chi connectivity index (χ1v) is 7.26. The minimum absolute atomic E-state index is 0.838. The van der Waals surface area contributed by atoms with Gasteiger partial charge in [0, 0.05) is 19.6 Å². The zero-order chi connectivity index (χ0) is 12.6. The zero-order valence-electron chi connectivity index (χ0n) is 11.5. The molecule has 1 fully saturated rings. The Balaban J connectivity index is 1.52. The average molecular weight is 250 g/mol. The predicted octanol–water partition coefficient (Wildman–Crippen LogP) is 2.88. The molecule has 0 bridgehead atoms. The second-order valence-corrected chi connectivity index (χ2v) is 5.52. The van der Waals surface area contributed by atoms with Gasteiger partial charge in [-0.1, -0.05) is 19.3 Å². The maximum absolute atomic E-state index is 5.29. The molecule has 0 unspecified atom stereocenters. The van der Waals surface area contributed by atoms with Crippen molar-refractivity contribution in [2.24, 2.45) is 5.92 Å². The molecule has 3 heteroatoms. The van der Waals surface area contributed by atoms with Gasteiger partial charge < -0.3 is 14.6 Å². The van der Waals surface area contributed by atoms with Crippen LogP contribution in [0.4, 0.5) is 0 Å². The third kappa shape index (κ3) is 4.83. The number of likely N-dealkylation sites (N-methyl/N-ethyl adjacent to an activating group) is 1. The second-order valence-electron chi connectivity index (χ2n) is 5.52. The van der Waals surface area contributed by atoms with Crippen molar-refractivity contribution in [3.05, 3.63) is 24.2 Å². The molecule has 0 aliphatic heterocycles. The number of nitrogens with one attached hydrogen (secondary N) is 1. The van der Waals surface area contributed by atoms with Crippen LogP contribution in [0.1, 0.15) is 37.9 Å². The molecule has 102 valence electrons. The summed E-state index contributed by atoms with van der Waals surface area (Å²) in [6.45, 7) is 4.26. The summed E-state index contributed by atoms with van der Waals surface area (Å²) in [4.78, 5) is 2.46. The van der Waals surface area contributed by atoms with E-state index >= 15 is 0 Å². The fourth-order valence-corrected chi connectivity index (χ4v) is 2.80. The normalized spacial score (nSPS) is 17.4. The molecule has 0 atom stereocenters. The average Bonchev–Trinajstić information content (AvgIpc) is 2.89. The summed E-state index contributed by atoms with van der Waals surface area (Å²) in [5.41, 5.74) is 0. The van der Waals surface area contributed by atoms with Crippen molar-refractivity contribution in [1.29, 1.82) is 0 Å². The molecule has 1 aliphatic carbocycles. The molecule has 0 amide bonds. The molecule has 18 heavy (non-hydrogen) atoms. The number of furan rings is 1. The topological polar surface area (TPSA) is 28.4 Å². The first kappa shape index (κ1) is 13.6. The van der Waals surface area contributed by atoms with Crippen LogP contribution in [0.25, 0.3) is 0 Å². The molecule has 0 spiro atoms. The Hall–Kier alpha value is -0.800. The van der Waals surface area contributed by atoms with Crippen LogP contribution in [0.2, 0.25) is 0 Å². The van der Waals surface area contributed by atoms with E-state index in [1.54, 1.807) is 6.26 Å².